The zero-order valence-corrected chi connectivity index (χ0v) is 14.9. The van der Waals surface area contributed by atoms with Gasteiger partial charge >= 0.3 is 0 Å². The average Bonchev–Trinajstić information content (AvgIpc) is 2.50. The highest BCUT2D eigenvalue weighted by Crippen LogP contribution is 2.25. The van der Waals surface area contributed by atoms with E-state index in [0.717, 1.165) is 15.6 Å². The van der Waals surface area contributed by atoms with Crippen LogP contribution in [0.4, 0.5) is 0 Å². The highest BCUT2D eigenvalue weighted by Gasteiger charge is 2.24. The molecule has 0 saturated carbocycles. The molecule has 1 aromatic rings. The standard InChI is InChI=1S/C17H22N2S2/c1-6-7-13-17(2,3)15(14-11-9-8-10-12-14)18-19(4)16(20)21-5/h6,8-13H,1-5H3/b18-15+. The molecule has 1 rings (SSSR count). The van der Waals surface area contributed by atoms with Crippen molar-refractivity contribution < 1.29 is 0 Å². The predicted octanol–water partition coefficient (Wildman–Crippen LogP) is 4.73. The van der Waals surface area contributed by atoms with Crippen LogP contribution in [0.2, 0.25) is 0 Å². The molecule has 0 heterocycles. The van der Waals surface area contributed by atoms with Gasteiger partial charge in [-0.05, 0) is 30.9 Å². The van der Waals surface area contributed by atoms with Crippen molar-refractivity contribution in [2.45, 2.75) is 20.8 Å². The Balaban J connectivity index is 3.34. The molecule has 0 fully saturated rings. The Kier molecular flexibility index (Phi) is 6.90. The van der Waals surface area contributed by atoms with Crippen molar-refractivity contribution in [1.29, 1.82) is 0 Å². The summed E-state index contributed by atoms with van der Waals surface area (Å²) in [5.41, 5.74) is 4.99. The first-order valence-corrected chi connectivity index (χ1v) is 8.40. The highest BCUT2D eigenvalue weighted by molar-refractivity contribution is 8.22. The van der Waals surface area contributed by atoms with Gasteiger partial charge in [0.1, 0.15) is 0 Å². The van der Waals surface area contributed by atoms with E-state index in [1.54, 1.807) is 5.01 Å². The molecule has 0 aliphatic rings. The van der Waals surface area contributed by atoms with Gasteiger partial charge in [0.25, 0.3) is 0 Å². The van der Waals surface area contributed by atoms with Crippen LogP contribution in [0.5, 0.6) is 0 Å². The molecule has 0 aliphatic heterocycles. The number of hydrazone groups is 1. The Morgan fingerprint density at radius 1 is 1.33 bits per heavy atom. The smallest absolute Gasteiger partial charge is 0.156 e. The van der Waals surface area contributed by atoms with E-state index in [9.17, 15) is 0 Å². The third-order valence-electron chi connectivity index (χ3n) is 2.96. The lowest BCUT2D eigenvalue weighted by molar-refractivity contribution is 0.544. The summed E-state index contributed by atoms with van der Waals surface area (Å²) in [6.45, 7) is 6.22. The van der Waals surface area contributed by atoms with Gasteiger partial charge in [-0.1, -0.05) is 68.2 Å². The van der Waals surface area contributed by atoms with Crippen LogP contribution in [-0.4, -0.2) is 28.3 Å². The number of allylic oxidation sites excluding steroid dienone is 1. The van der Waals surface area contributed by atoms with E-state index in [1.807, 2.05) is 50.6 Å². The summed E-state index contributed by atoms with van der Waals surface area (Å²) < 4.78 is 0.745. The molecule has 0 bridgehead atoms. The number of hydrogen-bond acceptors (Lipinski definition) is 3. The fourth-order valence-electron chi connectivity index (χ4n) is 1.84. The van der Waals surface area contributed by atoms with Crippen molar-refractivity contribution in [3.05, 3.63) is 53.8 Å². The van der Waals surface area contributed by atoms with Crippen LogP contribution in [0.25, 0.3) is 0 Å². The molecule has 112 valence electrons. The molecular formula is C17H22N2S2. The maximum absolute atomic E-state index is 5.31. The largest absolute Gasteiger partial charge is 0.252 e. The van der Waals surface area contributed by atoms with E-state index in [0.29, 0.717) is 0 Å². The van der Waals surface area contributed by atoms with E-state index in [1.165, 1.54) is 11.8 Å². The van der Waals surface area contributed by atoms with Crippen molar-refractivity contribution in [2.24, 2.45) is 10.5 Å². The summed E-state index contributed by atoms with van der Waals surface area (Å²) in [5, 5.41) is 6.50. The van der Waals surface area contributed by atoms with Gasteiger partial charge in [0.15, 0.2) is 4.32 Å². The van der Waals surface area contributed by atoms with Gasteiger partial charge in [-0.3, -0.25) is 5.01 Å². The lowest BCUT2D eigenvalue weighted by Gasteiger charge is -2.25. The third-order valence-corrected chi connectivity index (χ3v) is 4.33. The zero-order valence-electron chi connectivity index (χ0n) is 13.3. The van der Waals surface area contributed by atoms with Crippen LogP contribution in [0.3, 0.4) is 0 Å². The molecule has 21 heavy (non-hydrogen) atoms. The van der Waals surface area contributed by atoms with Gasteiger partial charge in [-0.2, -0.15) is 5.10 Å². The minimum absolute atomic E-state index is 0.240. The quantitative estimate of drug-likeness (QED) is 0.345. The Bertz CT molecular complexity index is 568. The summed E-state index contributed by atoms with van der Waals surface area (Å²) in [6, 6.07) is 10.2. The fourth-order valence-corrected chi connectivity index (χ4v) is 2.18. The maximum atomic E-state index is 5.31. The van der Waals surface area contributed by atoms with Gasteiger partial charge in [0, 0.05) is 12.5 Å². The Morgan fingerprint density at radius 2 is 1.95 bits per heavy atom. The second-order valence-corrected chi connectivity index (χ2v) is 6.57. The van der Waals surface area contributed by atoms with Gasteiger partial charge in [-0.15, -0.1) is 5.73 Å². The van der Waals surface area contributed by atoms with Crippen LogP contribution in [0, 0.1) is 5.41 Å². The van der Waals surface area contributed by atoms with E-state index in [4.69, 9.17) is 17.3 Å². The summed E-state index contributed by atoms with van der Waals surface area (Å²) in [5.74, 6) is 0. The maximum Gasteiger partial charge on any atom is 0.156 e. The third kappa shape index (κ3) is 5.16. The van der Waals surface area contributed by atoms with Crippen LogP contribution < -0.4 is 0 Å². The molecule has 0 saturated heterocycles. The number of thiocarbonyl (C=S) groups is 1. The summed E-state index contributed by atoms with van der Waals surface area (Å²) in [7, 11) is 1.89. The Labute approximate surface area is 137 Å². The predicted molar refractivity (Wildman–Crippen MR) is 99.0 cm³/mol. The van der Waals surface area contributed by atoms with E-state index >= 15 is 0 Å². The van der Waals surface area contributed by atoms with E-state index < -0.39 is 0 Å². The minimum atomic E-state index is -0.240. The number of benzene rings is 1. The topological polar surface area (TPSA) is 15.6 Å². The number of nitrogens with zero attached hydrogens (tertiary/aromatic N) is 2. The normalized spacial score (nSPS) is 11.6. The molecule has 0 atom stereocenters. The molecular weight excluding hydrogens is 296 g/mol. The molecule has 0 aliphatic carbocycles. The Morgan fingerprint density at radius 3 is 2.48 bits per heavy atom. The van der Waals surface area contributed by atoms with E-state index in [-0.39, 0.29) is 5.41 Å². The number of rotatable bonds is 4. The number of hydrogen-bond donors (Lipinski definition) is 0. The minimum Gasteiger partial charge on any atom is -0.252 e. The lowest BCUT2D eigenvalue weighted by atomic mass is 9.83. The molecule has 0 unspecified atom stereocenters. The first-order chi connectivity index (χ1) is 9.92. The van der Waals surface area contributed by atoms with Crippen molar-refractivity contribution in [3.8, 4) is 0 Å². The first kappa shape index (κ1) is 17.7. The average molecular weight is 319 g/mol. The van der Waals surface area contributed by atoms with Gasteiger partial charge in [0.2, 0.25) is 0 Å². The van der Waals surface area contributed by atoms with Gasteiger partial charge in [-0.25, -0.2) is 0 Å². The molecule has 0 spiro atoms. The van der Waals surface area contributed by atoms with E-state index in [2.05, 4.69) is 31.7 Å². The fraction of sp³-hybridized carbons (Fsp3) is 0.353. The SMILES string of the molecule is CC=C=CC(C)(C)/C(=N/N(C)C(=S)SC)c1ccccc1. The molecule has 0 radical (unpaired) electrons. The van der Waals surface area contributed by atoms with Crippen LogP contribution in [0.15, 0.2) is 53.3 Å². The zero-order chi connectivity index (χ0) is 15.9. The van der Waals surface area contributed by atoms with Crippen molar-refractivity contribution in [3.63, 3.8) is 0 Å². The van der Waals surface area contributed by atoms with Gasteiger partial charge in [0.05, 0.1) is 5.71 Å². The molecule has 1 aromatic carbocycles. The van der Waals surface area contributed by atoms with Crippen LogP contribution in [-0.2, 0) is 0 Å². The lowest BCUT2D eigenvalue weighted by Crippen LogP contribution is -2.28. The molecule has 2 nitrogen and oxygen atoms in total. The highest BCUT2D eigenvalue weighted by atomic mass is 32.2. The van der Waals surface area contributed by atoms with Gasteiger partial charge < -0.3 is 0 Å². The molecule has 0 N–H and O–H groups in total. The summed E-state index contributed by atoms with van der Waals surface area (Å²) in [4.78, 5) is 0. The van der Waals surface area contributed by atoms with Crippen molar-refractivity contribution in [1.82, 2.24) is 5.01 Å². The van der Waals surface area contributed by atoms with Crippen LogP contribution in [0.1, 0.15) is 26.3 Å². The first-order valence-electron chi connectivity index (χ1n) is 6.76. The number of thioether (sulfide) groups is 1. The monoisotopic (exact) mass is 318 g/mol. The second-order valence-electron chi connectivity index (χ2n) is 5.13. The summed E-state index contributed by atoms with van der Waals surface area (Å²) in [6.07, 6.45) is 5.90. The van der Waals surface area contributed by atoms with Crippen molar-refractivity contribution >= 4 is 34.0 Å². The molecule has 4 heteroatoms. The Hall–Kier alpha value is -1.35. The van der Waals surface area contributed by atoms with Crippen molar-refractivity contribution in [2.75, 3.05) is 13.3 Å². The second kappa shape index (κ2) is 8.18. The molecule has 0 amide bonds. The van der Waals surface area contributed by atoms with Crippen LogP contribution >= 0.6 is 24.0 Å². The summed E-state index contributed by atoms with van der Waals surface area (Å²) >= 11 is 6.82. The molecule has 0 aromatic heterocycles.